The summed E-state index contributed by atoms with van der Waals surface area (Å²) in [6, 6.07) is 4.81. The van der Waals surface area contributed by atoms with Crippen LogP contribution >= 0.6 is 11.6 Å². The van der Waals surface area contributed by atoms with Gasteiger partial charge in [-0.3, -0.25) is 0 Å². The zero-order chi connectivity index (χ0) is 12.3. The minimum absolute atomic E-state index is 0.0338. The van der Waals surface area contributed by atoms with Crippen LogP contribution in [0.25, 0.3) is 0 Å². The molecule has 0 saturated carbocycles. The van der Waals surface area contributed by atoms with Crippen LogP contribution in [0.2, 0.25) is 5.02 Å². The van der Waals surface area contributed by atoms with Crippen LogP contribution in [0, 0.1) is 5.82 Å². The van der Waals surface area contributed by atoms with Gasteiger partial charge in [0.1, 0.15) is 5.82 Å². The smallest absolute Gasteiger partial charge is 0.143 e. The van der Waals surface area contributed by atoms with Gasteiger partial charge < -0.3 is 14.7 Å². The summed E-state index contributed by atoms with van der Waals surface area (Å²) in [6.45, 7) is 1.94. The minimum atomic E-state index is -0.399. The van der Waals surface area contributed by atoms with Gasteiger partial charge in [-0.25, -0.2) is 4.39 Å². The SMILES string of the molecule is OCCO[C@H]1CCN(c2ccc(Cl)c(F)c2)C1. The van der Waals surface area contributed by atoms with E-state index >= 15 is 0 Å². The highest BCUT2D eigenvalue weighted by Crippen LogP contribution is 2.25. The van der Waals surface area contributed by atoms with Gasteiger partial charge in [-0.1, -0.05) is 11.6 Å². The summed E-state index contributed by atoms with van der Waals surface area (Å²) in [5.41, 5.74) is 0.821. The van der Waals surface area contributed by atoms with Crippen molar-refractivity contribution in [3.05, 3.63) is 29.0 Å². The summed E-state index contributed by atoms with van der Waals surface area (Å²) in [5.74, 6) is -0.399. The van der Waals surface area contributed by atoms with Crippen LogP contribution in [0.4, 0.5) is 10.1 Å². The van der Waals surface area contributed by atoms with Gasteiger partial charge in [0.25, 0.3) is 0 Å². The summed E-state index contributed by atoms with van der Waals surface area (Å²) in [6.07, 6.45) is 1.01. The molecular formula is C12H15ClFNO2. The Bertz CT molecular complexity index is 389. The van der Waals surface area contributed by atoms with E-state index in [9.17, 15) is 4.39 Å². The molecule has 1 N–H and O–H groups in total. The highest BCUT2D eigenvalue weighted by Gasteiger charge is 2.23. The molecule has 2 rings (SSSR count). The highest BCUT2D eigenvalue weighted by atomic mass is 35.5. The molecule has 0 aromatic heterocycles. The Morgan fingerprint density at radius 3 is 3.06 bits per heavy atom. The van der Waals surface area contributed by atoms with Gasteiger partial charge in [0.15, 0.2) is 0 Å². The van der Waals surface area contributed by atoms with Gasteiger partial charge in [0, 0.05) is 18.8 Å². The first-order chi connectivity index (χ1) is 8.20. The molecule has 0 aliphatic carbocycles. The number of aliphatic hydroxyl groups is 1. The van der Waals surface area contributed by atoms with Gasteiger partial charge in [0.2, 0.25) is 0 Å². The Morgan fingerprint density at radius 1 is 1.53 bits per heavy atom. The lowest BCUT2D eigenvalue weighted by Crippen LogP contribution is -2.23. The molecule has 0 bridgehead atoms. The zero-order valence-corrected chi connectivity index (χ0v) is 10.2. The van der Waals surface area contributed by atoms with E-state index in [4.69, 9.17) is 21.4 Å². The predicted molar refractivity (Wildman–Crippen MR) is 65.1 cm³/mol. The van der Waals surface area contributed by atoms with E-state index in [1.54, 1.807) is 12.1 Å². The van der Waals surface area contributed by atoms with Crippen LogP contribution in [-0.2, 0) is 4.74 Å². The molecule has 1 heterocycles. The Kier molecular flexibility index (Phi) is 4.20. The summed E-state index contributed by atoms with van der Waals surface area (Å²) >= 11 is 5.64. The molecule has 0 radical (unpaired) electrons. The van der Waals surface area contributed by atoms with E-state index in [2.05, 4.69) is 4.90 Å². The number of rotatable bonds is 4. The maximum absolute atomic E-state index is 13.3. The Labute approximate surface area is 105 Å². The van der Waals surface area contributed by atoms with E-state index in [1.165, 1.54) is 6.07 Å². The van der Waals surface area contributed by atoms with Crippen molar-refractivity contribution in [2.24, 2.45) is 0 Å². The standard InChI is InChI=1S/C12H15ClFNO2/c13-11-2-1-9(7-12(11)14)15-4-3-10(8-15)17-6-5-16/h1-2,7,10,16H,3-6,8H2/t10-/m0/s1. The maximum Gasteiger partial charge on any atom is 0.143 e. The summed E-state index contributed by atoms with van der Waals surface area (Å²) in [7, 11) is 0. The normalized spacial score (nSPS) is 19.9. The lowest BCUT2D eigenvalue weighted by atomic mass is 10.3. The van der Waals surface area contributed by atoms with Gasteiger partial charge in [-0.15, -0.1) is 0 Å². The van der Waals surface area contributed by atoms with Gasteiger partial charge in [-0.05, 0) is 24.6 Å². The number of hydrogen-bond acceptors (Lipinski definition) is 3. The molecule has 5 heteroatoms. The molecule has 0 amide bonds. The Hall–Kier alpha value is -0.840. The van der Waals surface area contributed by atoms with Crippen molar-refractivity contribution in [1.29, 1.82) is 0 Å². The molecule has 17 heavy (non-hydrogen) atoms. The van der Waals surface area contributed by atoms with Gasteiger partial charge >= 0.3 is 0 Å². The van der Waals surface area contributed by atoms with Gasteiger partial charge in [-0.2, -0.15) is 0 Å². The van der Waals surface area contributed by atoms with E-state index in [0.29, 0.717) is 6.61 Å². The second-order valence-electron chi connectivity index (χ2n) is 4.05. The fourth-order valence-electron chi connectivity index (χ4n) is 2.00. The van der Waals surface area contributed by atoms with Crippen molar-refractivity contribution >= 4 is 17.3 Å². The summed E-state index contributed by atoms with van der Waals surface area (Å²) < 4.78 is 18.8. The minimum Gasteiger partial charge on any atom is -0.394 e. The average molecular weight is 260 g/mol. The van der Waals surface area contributed by atoms with Crippen LogP contribution in [-0.4, -0.2) is 37.5 Å². The first-order valence-electron chi connectivity index (χ1n) is 5.63. The number of aliphatic hydroxyl groups excluding tert-OH is 1. The second kappa shape index (κ2) is 5.67. The Morgan fingerprint density at radius 2 is 2.35 bits per heavy atom. The molecule has 3 nitrogen and oxygen atoms in total. The predicted octanol–water partition coefficient (Wildman–Crippen LogP) is 2.07. The molecule has 1 aliphatic rings. The lowest BCUT2D eigenvalue weighted by molar-refractivity contribution is 0.0411. The summed E-state index contributed by atoms with van der Waals surface area (Å²) in [4.78, 5) is 2.06. The number of hydrogen-bond donors (Lipinski definition) is 1. The van der Waals surface area contributed by atoms with Crippen molar-refractivity contribution in [2.45, 2.75) is 12.5 Å². The Balaban J connectivity index is 1.97. The molecule has 0 spiro atoms. The topological polar surface area (TPSA) is 32.7 Å². The molecule has 1 saturated heterocycles. The van der Waals surface area contributed by atoms with Crippen molar-refractivity contribution in [3.8, 4) is 0 Å². The quantitative estimate of drug-likeness (QED) is 0.899. The van der Waals surface area contributed by atoms with Crippen LogP contribution in [0.15, 0.2) is 18.2 Å². The highest BCUT2D eigenvalue weighted by molar-refractivity contribution is 6.30. The van der Waals surface area contributed by atoms with E-state index < -0.39 is 5.82 Å². The molecule has 1 aliphatic heterocycles. The summed E-state index contributed by atoms with van der Waals surface area (Å²) in [5, 5.41) is 8.81. The van der Waals surface area contributed by atoms with Crippen LogP contribution < -0.4 is 4.90 Å². The third-order valence-electron chi connectivity index (χ3n) is 2.86. The molecule has 1 fully saturated rings. The third-order valence-corrected chi connectivity index (χ3v) is 3.16. The molecule has 1 aromatic rings. The zero-order valence-electron chi connectivity index (χ0n) is 9.40. The fraction of sp³-hybridized carbons (Fsp3) is 0.500. The second-order valence-corrected chi connectivity index (χ2v) is 4.46. The number of nitrogens with zero attached hydrogens (tertiary/aromatic N) is 1. The lowest BCUT2D eigenvalue weighted by Gasteiger charge is -2.18. The van der Waals surface area contributed by atoms with Gasteiger partial charge in [0.05, 0.1) is 24.3 Å². The van der Waals surface area contributed by atoms with Crippen molar-refractivity contribution in [1.82, 2.24) is 0 Å². The number of benzene rings is 1. The van der Waals surface area contributed by atoms with Crippen molar-refractivity contribution < 1.29 is 14.2 Å². The monoisotopic (exact) mass is 259 g/mol. The molecule has 1 aromatic carbocycles. The van der Waals surface area contributed by atoms with Crippen LogP contribution in [0.5, 0.6) is 0 Å². The van der Waals surface area contributed by atoms with E-state index in [1.807, 2.05) is 0 Å². The molecule has 1 atom stereocenters. The van der Waals surface area contributed by atoms with Crippen LogP contribution in [0.1, 0.15) is 6.42 Å². The molecule has 0 unspecified atom stereocenters. The first kappa shape index (κ1) is 12.6. The third kappa shape index (κ3) is 3.09. The largest absolute Gasteiger partial charge is 0.394 e. The van der Waals surface area contributed by atoms with Crippen molar-refractivity contribution in [2.75, 3.05) is 31.2 Å². The number of halogens is 2. The maximum atomic E-state index is 13.3. The fourth-order valence-corrected chi connectivity index (χ4v) is 2.12. The molecular weight excluding hydrogens is 245 g/mol. The average Bonchev–Trinajstić information content (AvgIpc) is 2.79. The van der Waals surface area contributed by atoms with Crippen molar-refractivity contribution in [3.63, 3.8) is 0 Å². The molecule has 94 valence electrons. The first-order valence-corrected chi connectivity index (χ1v) is 6.01. The van der Waals surface area contributed by atoms with E-state index in [-0.39, 0.29) is 17.7 Å². The van der Waals surface area contributed by atoms with E-state index in [0.717, 1.165) is 25.2 Å². The number of ether oxygens (including phenoxy) is 1. The number of anilines is 1. The van der Waals surface area contributed by atoms with Crippen LogP contribution in [0.3, 0.4) is 0 Å².